The van der Waals surface area contributed by atoms with Gasteiger partial charge in [0.15, 0.2) is 0 Å². The molecular weight excluding hydrogens is 183 g/mol. The van der Waals surface area contributed by atoms with Gasteiger partial charge < -0.3 is 5.73 Å². The van der Waals surface area contributed by atoms with E-state index in [-0.39, 0.29) is 12.1 Å². The van der Waals surface area contributed by atoms with Crippen LogP contribution in [-0.4, -0.2) is 12.1 Å². The van der Waals surface area contributed by atoms with Gasteiger partial charge >= 0.3 is 0 Å². The van der Waals surface area contributed by atoms with Crippen LogP contribution in [0, 0.1) is 0 Å². The average Bonchev–Trinajstić information content (AvgIpc) is 2.09. The molecule has 2 atom stereocenters. The number of benzene rings is 1. The van der Waals surface area contributed by atoms with Crippen molar-refractivity contribution >= 4 is 26.1 Å². The molecule has 1 aliphatic heterocycles. The van der Waals surface area contributed by atoms with Crippen LogP contribution < -0.4 is 15.9 Å². The van der Waals surface area contributed by atoms with Crippen molar-refractivity contribution in [2.24, 2.45) is 5.73 Å². The molecule has 68 valence electrons. The van der Waals surface area contributed by atoms with Gasteiger partial charge in [-0.15, -0.1) is 9.24 Å². The van der Waals surface area contributed by atoms with Crippen molar-refractivity contribution < 1.29 is 4.79 Å². The van der Waals surface area contributed by atoms with Crippen LogP contribution in [-0.2, 0) is 4.79 Å². The van der Waals surface area contributed by atoms with Gasteiger partial charge in [-0.2, -0.15) is 0 Å². The molecule has 1 fully saturated rings. The smallest absolute Gasteiger partial charge is 0.231 e. The quantitative estimate of drug-likeness (QED) is 0.513. The van der Waals surface area contributed by atoms with Crippen molar-refractivity contribution in [3.63, 3.8) is 0 Å². The Kier molecular flexibility index (Phi) is 2.06. The van der Waals surface area contributed by atoms with Gasteiger partial charge in [-0.05, 0) is 17.4 Å². The number of hydrogen-bond acceptors (Lipinski definition) is 2. The van der Waals surface area contributed by atoms with E-state index in [4.69, 9.17) is 5.73 Å². The zero-order chi connectivity index (χ0) is 9.42. The van der Waals surface area contributed by atoms with Crippen molar-refractivity contribution in [2.75, 3.05) is 4.90 Å². The summed E-state index contributed by atoms with van der Waals surface area (Å²) in [7, 11) is 2.60. The van der Waals surface area contributed by atoms with Gasteiger partial charge in [0, 0.05) is 5.69 Å². The maximum atomic E-state index is 11.2. The average molecular weight is 194 g/mol. The number of carbonyl (C=O) groups is 1. The molecule has 0 bridgehead atoms. The summed E-state index contributed by atoms with van der Waals surface area (Å²) < 4.78 is 0. The Morgan fingerprint density at radius 2 is 2.00 bits per heavy atom. The Hall–Kier alpha value is -0.920. The summed E-state index contributed by atoms with van der Waals surface area (Å²) in [5, 5.41) is 1.10. The second kappa shape index (κ2) is 3.09. The molecule has 4 heteroatoms. The Morgan fingerprint density at radius 1 is 1.38 bits per heavy atom. The van der Waals surface area contributed by atoms with Gasteiger partial charge in [0.1, 0.15) is 0 Å². The molecule has 1 amide bonds. The third-order valence-corrected chi connectivity index (χ3v) is 2.54. The van der Waals surface area contributed by atoms with Crippen molar-refractivity contribution in [2.45, 2.75) is 12.6 Å². The number of anilines is 1. The van der Waals surface area contributed by atoms with E-state index in [1.165, 1.54) is 0 Å². The van der Waals surface area contributed by atoms with E-state index < -0.39 is 0 Å². The van der Waals surface area contributed by atoms with E-state index in [9.17, 15) is 4.79 Å². The van der Waals surface area contributed by atoms with E-state index in [1.54, 1.807) is 4.90 Å². The molecule has 3 nitrogen and oxygen atoms in total. The lowest BCUT2D eigenvalue weighted by Crippen LogP contribution is -2.57. The van der Waals surface area contributed by atoms with Crippen molar-refractivity contribution in [3.8, 4) is 0 Å². The highest BCUT2D eigenvalue weighted by Crippen LogP contribution is 2.23. The van der Waals surface area contributed by atoms with Crippen LogP contribution in [0.25, 0.3) is 0 Å². The fraction of sp³-hybridized carbons (Fsp3) is 0.222. The minimum Gasteiger partial charge on any atom is -0.310 e. The van der Waals surface area contributed by atoms with Crippen LogP contribution >= 0.6 is 9.24 Å². The molecule has 1 aromatic carbocycles. The molecule has 1 aliphatic rings. The zero-order valence-corrected chi connectivity index (χ0v) is 8.26. The fourth-order valence-electron chi connectivity index (χ4n) is 1.41. The van der Waals surface area contributed by atoms with Crippen LogP contribution in [0.1, 0.15) is 6.42 Å². The first-order valence-corrected chi connectivity index (χ1v) is 4.69. The highest BCUT2D eigenvalue weighted by Gasteiger charge is 2.33. The van der Waals surface area contributed by atoms with Gasteiger partial charge in [-0.3, -0.25) is 9.69 Å². The van der Waals surface area contributed by atoms with E-state index in [0.29, 0.717) is 6.42 Å². The molecule has 0 radical (unpaired) electrons. The molecule has 0 spiro atoms. The first-order valence-electron chi connectivity index (χ1n) is 4.11. The molecule has 2 rings (SSSR count). The van der Waals surface area contributed by atoms with Gasteiger partial charge in [0.2, 0.25) is 5.91 Å². The van der Waals surface area contributed by atoms with Crippen molar-refractivity contribution in [3.05, 3.63) is 24.3 Å². The second-order valence-corrected chi connectivity index (χ2v) is 3.79. The van der Waals surface area contributed by atoms with Crippen molar-refractivity contribution in [1.29, 1.82) is 0 Å². The molecule has 2 N–H and O–H groups in total. The Bertz CT molecular complexity index is 336. The molecule has 0 aromatic heterocycles. The normalized spacial score (nSPS) is 21.5. The highest BCUT2D eigenvalue weighted by molar-refractivity contribution is 7.27. The summed E-state index contributed by atoms with van der Waals surface area (Å²) in [4.78, 5) is 12.8. The van der Waals surface area contributed by atoms with E-state index in [1.807, 2.05) is 24.3 Å². The van der Waals surface area contributed by atoms with Crippen LogP contribution in [0.3, 0.4) is 0 Å². The number of nitrogens with zero attached hydrogens (tertiary/aromatic N) is 1. The minimum absolute atomic E-state index is 0.101. The first-order chi connectivity index (χ1) is 6.18. The van der Waals surface area contributed by atoms with Gasteiger partial charge in [0.25, 0.3) is 0 Å². The van der Waals surface area contributed by atoms with Crippen LogP contribution in [0.15, 0.2) is 24.3 Å². The van der Waals surface area contributed by atoms with Crippen LogP contribution in [0.4, 0.5) is 5.69 Å². The molecule has 13 heavy (non-hydrogen) atoms. The molecule has 0 saturated carbocycles. The molecular formula is C9H11N2OP. The molecule has 0 aliphatic carbocycles. The number of rotatable bonds is 1. The lowest BCUT2D eigenvalue weighted by atomic mass is 10.1. The third kappa shape index (κ3) is 1.45. The maximum absolute atomic E-state index is 11.2. The summed E-state index contributed by atoms with van der Waals surface area (Å²) >= 11 is 0. The predicted octanol–water partition coefficient (Wildman–Crippen LogP) is 0.208. The van der Waals surface area contributed by atoms with E-state index in [2.05, 4.69) is 9.24 Å². The van der Waals surface area contributed by atoms with Gasteiger partial charge in [-0.1, -0.05) is 12.1 Å². The maximum Gasteiger partial charge on any atom is 0.231 e. The summed E-state index contributed by atoms with van der Waals surface area (Å²) in [6.45, 7) is 0. The van der Waals surface area contributed by atoms with Crippen LogP contribution in [0.2, 0.25) is 0 Å². The second-order valence-electron chi connectivity index (χ2n) is 3.13. The fourth-order valence-corrected chi connectivity index (χ4v) is 1.60. The van der Waals surface area contributed by atoms with Gasteiger partial charge in [0.05, 0.1) is 12.6 Å². The molecule has 1 heterocycles. The number of nitrogens with two attached hydrogens (primary N) is 1. The topological polar surface area (TPSA) is 46.3 Å². The molecule has 2 unspecified atom stereocenters. The summed E-state index contributed by atoms with van der Waals surface area (Å²) in [5.41, 5.74) is 6.57. The van der Waals surface area contributed by atoms with Gasteiger partial charge in [-0.25, -0.2) is 0 Å². The number of β-lactam (4-membered cyclic amide) rings is 1. The first kappa shape index (κ1) is 8.67. The van der Waals surface area contributed by atoms with Crippen molar-refractivity contribution in [1.82, 2.24) is 0 Å². The number of carbonyl (C=O) groups excluding carboxylic acids is 1. The Labute approximate surface area is 79.1 Å². The zero-order valence-electron chi connectivity index (χ0n) is 7.10. The highest BCUT2D eigenvalue weighted by atomic mass is 31.0. The number of amides is 1. The lowest BCUT2D eigenvalue weighted by Gasteiger charge is -2.37. The standard InChI is InChI=1S/C9H11N2OP/c10-8-5-9(12)11(8)6-1-3-7(13)4-2-6/h1-4,8H,5,10,13H2. The molecule has 1 aromatic rings. The Balaban J connectivity index is 2.25. The number of hydrogen-bond donors (Lipinski definition) is 1. The lowest BCUT2D eigenvalue weighted by molar-refractivity contribution is -0.124. The monoisotopic (exact) mass is 194 g/mol. The summed E-state index contributed by atoms with van der Waals surface area (Å²) in [5.74, 6) is 0.101. The third-order valence-electron chi connectivity index (χ3n) is 2.16. The SMILES string of the molecule is NC1CC(=O)N1c1ccc(P)cc1. The Morgan fingerprint density at radius 3 is 2.46 bits per heavy atom. The minimum atomic E-state index is -0.136. The summed E-state index contributed by atoms with van der Waals surface area (Å²) in [6.07, 6.45) is 0.325. The van der Waals surface area contributed by atoms with E-state index >= 15 is 0 Å². The predicted molar refractivity (Wildman–Crippen MR) is 55.9 cm³/mol. The largest absolute Gasteiger partial charge is 0.310 e. The van der Waals surface area contributed by atoms with E-state index in [0.717, 1.165) is 11.0 Å². The molecule has 1 saturated heterocycles. The summed E-state index contributed by atoms with van der Waals surface area (Å²) in [6, 6.07) is 7.69. The van der Waals surface area contributed by atoms with Crippen LogP contribution in [0.5, 0.6) is 0 Å².